The lowest BCUT2D eigenvalue weighted by atomic mass is 9.45. The van der Waals surface area contributed by atoms with Crippen molar-refractivity contribution in [3.63, 3.8) is 0 Å². The van der Waals surface area contributed by atoms with Crippen molar-refractivity contribution in [3.05, 3.63) is 187 Å². The first-order chi connectivity index (χ1) is 29.5. The van der Waals surface area contributed by atoms with Crippen LogP contribution in [0.15, 0.2) is 176 Å². The Morgan fingerprint density at radius 2 is 1.02 bits per heavy atom. The molecule has 0 saturated carbocycles. The first kappa shape index (κ1) is 36.1. The molecule has 3 heteroatoms. The van der Waals surface area contributed by atoms with Crippen LogP contribution in [0.2, 0.25) is 0 Å². The summed E-state index contributed by atoms with van der Waals surface area (Å²) in [5, 5.41) is 7.63. The Morgan fingerprint density at radius 3 is 1.67 bits per heavy atom. The normalized spacial score (nSPS) is 13.3. The quantitative estimate of drug-likeness (QED) is 0.128. The van der Waals surface area contributed by atoms with Gasteiger partial charge in [0.25, 0.3) is 0 Å². The van der Waals surface area contributed by atoms with Gasteiger partial charge in [-0.25, -0.2) is 0 Å². The summed E-state index contributed by atoms with van der Waals surface area (Å²) in [6.45, 7) is 14.0. The number of fused-ring (bicyclic) bond motifs is 9. The third kappa shape index (κ3) is 5.49. The third-order valence-corrected chi connectivity index (χ3v) is 13.6. The van der Waals surface area contributed by atoms with Gasteiger partial charge in [0, 0.05) is 44.4 Å². The minimum absolute atomic E-state index is 0.0311. The zero-order chi connectivity index (χ0) is 41.4. The minimum atomic E-state index is -0.0427. The van der Waals surface area contributed by atoms with Gasteiger partial charge in [0.05, 0.1) is 0 Å². The molecule has 10 aromatic rings. The molecule has 0 aliphatic carbocycles. The summed E-state index contributed by atoms with van der Waals surface area (Å²) in [6, 6.07) is 66.8. The summed E-state index contributed by atoms with van der Waals surface area (Å²) in [6.07, 6.45) is 0. The lowest BCUT2D eigenvalue weighted by Crippen LogP contribution is -2.56. The summed E-state index contributed by atoms with van der Waals surface area (Å²) in [7, 11) is 0. The van der Waals surface area contributed by atoms with Crippen LogP contribution in [0.1, 0.15) is 52.7 Å². The fourth-order valence-electron chi connectivity index (χ4n) is 10.4. The van der Waals surface area contributed by atoms with Crippen LogP contribution in [-0.4, -0.2) is 11.3 Å². The highest BCUT2D eigenvalue weighted by molar-refractivity contribution is 6.90. The van der Waals surface area contributed by atoms with E-state index in [0.29, 0.717) is 0 Å². The predicted molar refractivity (Wildman–Crippen MR) is 263 cm³/mol. The fourth-order valence-corrected chi connectivity index (χ4v) is 10.4. The number of hydrogen-bond acceptors (Lipinski definition) is 1. The van der Waals surface area contributed by atoms with Gasteiger partial charge in [-0.2, -0.15) is 0 Å². The van der Waals surface area contributed by atoms with E-state index >= 15 is 0 Å². The second-order valence-corrected chi connectivity index (χ2v) is 19.5. The molecule has 0 radical (unpaired) electrons. The maximum absolute atomic E-state index is 2.70. The van der Waals surface area contributed by atoms with E-state index in [4.69, 9.17) is 0 Å². The molecular formula is C58H47BN2. The number of anilines is 3. The second kappa shape index (κ2) is 12.8. The van der Waals surface area contributed by atoms with E-state index < -0.39 is 0 Å². The molecule has 0 saturated heterocycles. The van der Waals surface area contributed by atoms with Crippen LogP contribution in [0.4, 0.5) is 17.1 Å². The number of aromatic nitrogens is 1. The van der Waals surface area contributed by atoms with Crippen LogP contribution in [-0.2, 0) is 10.8 Å². The fraction of sp³-hybridized carbons (Fsp3) is 0.138. The molecular weight excluding hydrogens is 735 g/mol. The van der Waals surface area contributed by atoms with Crippen molar-refractivity contribution in [2.75, 3.05) is 4.90 Å². The average molecular weight is 783 g/mol. The van der Waals surface area contributed by atoms with E-state index in [-0.39, 0.29) is 17.7 Å². The lowest BCUT2D eigenvalue weighted by Gasteiger charge is -2.41. The van der Waals surface area contributed by atoms with Crippen LogP contribution in [0, 0.1) is 0 Å². The Hall–Kier alpha value is -6.84. The highest BCUT2D eigenvalue weighted by Gasteiger charge is 2.43. The lowest BCUT2D eigenvalue weighted by molar-refractivity contribution is 0.569. The maximum Gasteiger partial charge on any atom is 0.333 e. The Morgan fingerprint density at radius 1 is 0.410 bits per heavy atom. The SMILES string of the molecule is CC(C)(C)c1cc(N2c3cc4cc5ccccc5cc4cc3B3c4c(cccc42)-c2cc(-c4ccccc4)cc4c5cc(-c6ccccc6)ccc5n3c24)cc(C(C)(C)C)c1. The first-order valence-electron chi connectivity index (χ1n) is 21.8. The van der Waals surface area contributed by atoms with Gasteiger partial charge in [0.2, 0.25) is 0 Å². The van der Waals surface area contributed by atoms with Gasteiger partial charge in [-0.15, -0.1) is 0 Å². The molecule has 1 aromatic heterocycles. The summed E-state index contributed by atoms with van der Waals surface area (Å²) in [5.41, 5.74) is 19.1. The van der Waals surface area contributed by atoms with Gasteiger partial charge >= 0.3 is 6.85 Å². The van der Waals surface area contributed by atoms with Crippen LogP contribution < -0.4 is 15.8 Å². The van der Waals surface area contributed by atoms with Crippen molar-refractivity contribution in [2.24, 2.45) is 0 Å². The smallest absolute Gasteiger partial charge is 0.333 e. The molecule has 0 atom stereocenters. The molecule has 3 heterocycles. The first-order valence-corrected chi connectivity index (χ1v) is 21.8. The molecule has 2 aliphatic rings. The highest BCUT2D eigenvalue weighted by atomic mass is 15.2. The molecule has 0 fully saturated rings. The highest BCUT2D eigenvalue weighted by Crippen LogP contribution is 2.48. The molecule has 292 valence electrons. The monoisotopic (exact) mass is 782 g/mol. The van der Waals surface area contributed by atoms with Gasteiger partial charge in [-0.3, -0.25) is 0 Å². The molecule has 2 aliphatic heterocycles. The zero-order valence-electron chi connectivity index (χ0n) is 35.7. The van der Waals surface area contributed by atoms with Crippen LogP contribution >= 0.6 is 0 Å². The van der Waals surface area contributed by atoms with Crippen LogP contribution in [0.25, 0.3) is 76.7 Å². The van der Waals surface area contributed by atoms with Gasteiger partial charge < -0.3 is 9.38 Å². The summed E-state index contributed by atoms with van der Waals surface area (Å²) in [5.74, 6) is 0. The van der Waals surface area contributed by atoms with E-state index in [9.17, 15) is 0 Å². The Kier molecular flexibility index (Phi) is 7.59. The van der Waals surface area contributed by atoms with Gasteiger partial charge in [0.15, 0.2) is 0 Å². The number of hydrogen-bond donors (Lipinski definition) is 0. The largest absolute Gasteiger partial charge is 0.375 e. The standard InChI is InChI=1S/C58H47BN2/c1-57(2,3)44-33-45(58(4,5)6)35-46(34-44)60-53-23-15-22-47-49-29-43(37-18-11-8-12-19-37)30-50-48-28-40(36-16-9-7-10-17-36)24-25-52(48)61(56(49)50)59(55(47)53)51-31-41-26-38-20-13-14-21-39(38)27-42(41)32-54(51)60/h7-35H,1-6H3. The molecule has 61 heavy (non-hydrogen) atoms. The Bertz CT molecular complexity index is 3400. The Labute approximate surface area is 358 Å². The summed E-state index contributed by atoms with van der Waals surface area (Å²) >= 11 is 0. The maximum atomic E-state index is 2.70. The average Bonchev–Trinajstić information content (AvgIpc) is 3.59. The molecule has 0 spiro atoms. The molecule has 2 nitrogen and oxygen atoms in total. The van der Waals surface area contributed by atoms with E-state index in [1.807, 2.05) is 0 Å². The summed E-state index contributed by atoms with van der Waals surface area (Å²) < 4.78 is 2.70. The Balaban J connectivity index is 1.23. The molecule has 0 N–H and O–H groups in total. The van der Waals surface area contributed by atoms with Crippen molar-refractivity contribution in [1.29, 1.82) is 0 Å². The second-order valence-electron chi connectivity index (χ2n) is 19.5. The summed E-state index contributed by atoms with van der Waals surface area (Å²) in [4.78, 5) is 2.60. The van der Waals surface area contributed by atoms with Gasteiger partial charge in [-0.1, -0.05) is 157 Å². The third-order valence-electron chi connectivity index (χ3n) is 13.6. The van der Waals surface area contributed by atoms with E-state index in [0.717, 1.165) is 0 Å². The van der Waals surface area contributed by atoms with Gasteiger partial charge in [-0.05, 0) is 143 Å². The van der Waals surface area contributed by atoms with Crippen LogP contribution in [0.3, 0.4) is 0 Å². The molecule has 0 bridgehead atoms. The van der Waals surface area contributed by atoms with E-state index in [1.165, 1.54) is 116 Å². The van der Waals surface area contributed by atoms with E-state index in [1.54, 1.807) is 0 Å². The van der Waals surface area contributed by atoms with E-state index in [2.05, 4.69) is 227 Å². The predicted octanol–water partition coefficient (Wildman–Crippen LogP) is 14.4. The van der Waals surface area contributed by atoms with Crippen molar-refractivity contribution in [2.45, 2.75) is 52.4 Å². The van der Waals surface area contributed by atoms with Gasteiger partial charge in [0.1, 0.15) is 0 Å². The zero-order valence-corrected chi connectivity index (χ0v) is 35.7. The van der Waals surface area contributed by atoms with Crippen molar-refractivity contribution in [1.82, 2.24) is 4.48 Å². The number of nitrogens with zero attached hydrogens (tertiary/aromatic N) is 2. The topological polar surface area (TPSA) is 8.17 Å². The molecule has 9 aromatic carbocycles. The number of benzene rings is 9. The van der Waals surface area contributed by atoms with Crippen LogP contribution in [0.5, 0.6) is 0 Å². The molecule has 0 amide bonds. The molecule has 12 rings (SSSR count). The van der Waals surface area contributed by atoms with Crippen molar-refractivity contribution >= 4 is 78.2 Å². The minimum Gasteiger partial charge on any atom is -0.375 e. The van der Waals surface area contributed by atoms with Crippen molar-refractivity contribution in [3.8, 4) is 33.4 Å². The number of rotatable bonds is 3. The van der Waals surface area contributed by atoms with Crippen molar-refractivity contribution < 1.29 is 0 Å². The molecule has 0 unspecified atom stereocenters.